The van der Waals surface area contributed by atoms with Gasteiger partial charge in [-0.1, -0.05) is 0 Å². The largest absolute Gasteiger partial charge is 0.469 e. The maximum Gasteiger partial charge on any atom is 0.272 e. The molecule has 2 aromatic rings. The van der Waals surface area contributed by atoms with Gasteiger partial charge >= 0.3 is 0 Å². The molecule has 1 N–H and O–H groups in total. The second-order valence-electron chi connectivity index (χ2n) is 6.31. The molecular formula is C16H17BrN2O2S. The Bertz CT molecular complexity index is 743. The van der Waals surface area contributed by atoms with Gasteiger partial charge in [0.05, 0.1) is 5.52 Å². The minimum atomic E-state index is -0.510. The molecule has 0 fully saturated rings. The molecule has 0 spiro atoms. The van der Waals surface area contributed by atoms with E-state index in [1.807, 2.05) is 39.0 Å². The van der Waals surface area contributed by atoms with Crippen molar-refractivity contribution in [3.63, 3.8) is 0 Å². The predicted octanol–water partition coefficient (Wildman–Crippen LogP) is 3.86. The van der Waals surface area contributed by atoms with Crippen molar-refractivity contribution in [1.82, 2.24) is 10.3 Å². The highest BCUT2D eigenvalue weighted by molar-refractivity contribution is 9.10. The lowest BCUT2D eigenvalue weighted by atomic mass is 10.1. The maximum atomic E-state index is 12.3. The minimum absolute atomic E-state index is 0.0874. The van der Waals surface area contributed by atoms with Crippen LogP contribution in [0.3, 0.4) is 0 Å². The maximum absolute atomic E-state index is 12.3. The fourth-order valence-electron chi connectivity index (χ4n) is 2.27. The van der Waals surface area contributed by atoms with Crippen LogP contribution in [0.4, 0.5) is 0 Å². The zero-order valence-corrected chi connectivity index (χ0v) is 15.0. The van der Waals surface area contributed by atoms with Gasteiger partial charge < -0.3 is 10.1 Å². The summed E-state index contributed by atoms with van der Waals surface area (Å²) in [4.78, 5) is 16.7. The standard InChI is InChI=1S/C16H17BrN2O2S/c1-16(2,3)19-14(20)15-21-13-6-9-4-11(17)7-18-12(9)5-10(13)8-22-15/h4-7,15H,8H2,1-3H3,(H,19,20). The Hall–Kier alpha value is -1.27. The van der Waals surface area contributed by atoms with E-state index in [9.17, 15) is 4.79 Å². The molecule has 0 bridgehead atoms. The molecule has 1 aliphatic heterocycles. The van der Waals surface area contributed by atoms with Gasteiger partial charge in [-0.2, -0.15) is 0 Å². The number of rotatable bonds is 1. The number of ether oxygens (including phenoxy) is 1. The van der Waals surface area contributed by atoms with Crippen molar-refractivity contribution in [2.24, 2.45) is 0 Å². The number of aromatic nitrogens is 1. The van der Waals surface area contributed by atoms with Gasteiger partial charge in [0.15, 0.2) is 0 Å². The number of nitrogens with one attached hydrogen (secondary N) is 1. The van der Waals surface area contributed by atoms with E-state index in [-0.39, 0.29) is 11.4 Å². The SMILES string of the molecule is CC(C)(C)NC(=O)C1Oc2cc3cc(Br)cnc3cc2CS1. The Morgan fingerprint density at radius 1 is 1.41 bits per heavy atom. The van der Waals surface area contributed by atoms with Gasteiger partial charge in [0, 0.05) is 32.9 Å². The average Bonchev–Trinajstić information content (AvgIpc) is 2.42. The second kappa shape index (κ2) is 5.74. The Morgan fingerprint density at radius 2 is 2.18 bits per heavy atom. The Balaban J connectivity index is 1.87. The number of halogens is 1. The van der Waals surface area contributed by atoms with Crippen molar-refractivity contribution in [2.45, 2.75) is 37.5 Å². The molecular weight excluding hydrogens is 364 g/mol. The molecule has 2 heterocycles. The molecule has 6 heteroatoms. The molecule has 0 radical (unpaired) electrons. The molecule has 0 aliphatic carbocycles. The van der Waals surface area contributed by atoms with Gasteiger partial charge in [-0.3, -0.25) is 9.78 Å². The summed E-state index contributed by atoms with van der Waals surface area (Å²) in [5.74, 6) is 1.42. The number of carbonyl (C=O) groups excluding carboxylic acids is 1. The lowest BCUT2D eigenvalue weighted by molar-refractivity contribution is -0.126. The predicted molar refractivity (Wildman–Crippen MR) is 93.0 cm³/mol. The first-order valence-electron chi connectivity index (χ1n) is 7.00. The van der Waals surface area contributed by atoms with Crippen LogP contribution in [0.5, 0.6) is 5.75 Å². The van der Waals surface area contributed by atoms with E-state index in [4.69, 9.17) is 4.74 Å². The monoisotopic (exact) mass is 380 g/mol. The van der Waals surface area contributed by atoms with Crippen molar-refractivity contribution in [3.05, 3.63) is 34.4 Å². The molecule has 1 aliphatic rings. The summed E-state index contributed by atoms with van der Waals surface area (Å²) in [6.45, 7) is 5.88. The van der Waals surface area contributed by atoms with Gasteiger partial charge in [-0.05, 0) is 54.9 Å². The van der Waals surface area contributed by atoms with Crippen molar-refractivity contribution in [2.75, 3.05) is 0 Å². The summed E-state index contributed by atoms with van der Waals surface area (Å²) in [5, 5.41) is 3.96. The van der Waals surface area contributed by atoms with Crippen LogP contribution in [-0.2, 0) is 10.5 Å². The highest BCUT2D eigenvalue weighted by atomic mass is 79.9. The molecule has 1 aromatic carbocycles. The first-order chi connectivity index (χ1) is 10.3. The van der Waals surface area contributed by atoms with Crippen molar-refractivity contribution in [3.8, 4) is 5.75 Å². The van der Waals surface area contributed by atoms with E-state index in [0.29, 0.717) is 0 Å². The number of carbonyl (C=O) groups is 1. The van der Waals surface area contributed by atoms with E-state index >= 15 is 0 Å². The Labute approximate surface area is 142 Å². The molecule has 1 unspecified atom stereocenters. The molecule has 0 saturated heterocycles. The lowest BCUT2D eigenvalue weighted by Crippen LogP contribution is -2.47. The second-order valence-corrected chi connectivity index (χ2v) is 8.27. The van der Waals surface area contributed by atoms with Crippen LogP contribution in [0.2, 0.25) is 0 Å². The number of nitrogens with zero attached hydrogens (tertiary/aromatic N) is 1. The highest BCUT2D eigenvalue weighted by Crippen LogP contribution is 2.36. The van der Waals surface area contributed by atoms with Crippen molar-refractivity contribution in [1.29, 1.82) is 0 Å². The smallest absolute Gasteiger partial charge is 0.272 e. The summed E-state index contributed by atoms with van der Waals surface area (Å²) in [6.07, 6.45) is 1.78. The van der Waals surface area contributed by atoms with E-state index in [1.54, 1.807) is 6.20 Å². The van der Waals surface area contributed by atoms with Gasteiger partial charge in [0.25, 0.3) is 5.91 Å². The van der Waals surface area contributed by atoms with Crippen LogP contribution in [0, 0.1) is 0 Å². The van der Waals surface area contributed by atoms with Crippen LogP contribution < -0.4 is 10.1 Å². The van der Waals surface area contributed by atoms with Crippen molar-refractivity contribution >= 4 is 44.5 Å². The number of hydrogen-bond acceptors (Lipinski definition) is 4. The first-order valence-corrected chi connectivity index (χ1v) is 8.84. The highest BCUT2D eigenvalue weighted by Gasteiger charge is 2.29. The molecule has 1 aromatic heterocycles. The molecule has 116 valence electrons. The van der Waals surface area contributed by atoms with Crippen LogP contribution in [-0.4, -0.2) is 21.9 Å². The molecule has 22 heavy (non-hydrogen) atoms. The Morgan fingerprint density at radius 3 is 2.91 bits per heavy atom. The molecule has 4 nitrogen and oxygen atoms in total. The number of hydrogen-bond donors (Lipinski definition) is 1. The number of thioether (sulfide) groups is 1. The summed E-state index contributed by atoms with van der Waals surface area (Å²) in [6, 6.07) is 5.99. The van der Waals surface area contributed by atoms with E-state index in [0.717, 1.165) is 32.4 Å². The van der Waals surface area contributed by atoms with E-state index in [1.165, 1.54) is 11.8 Å². The minimum Gasteiger partial charge on any atom is -0.469 e. The number of benzene rings is 1. The number of fused-ring (bicyclic) bond motifs is 2. The molecule has 1 amide bonds. The molecule has 3 rings (SSSR count). The van der Waals surface area contributed by atoms with Gasteiger partial charge in [-0.15, -0.1) is 11.8 Å². The number of pyridine rings is 1. The average molecular weight is 381 g/mol. The first kappa shape index (κ1) is 15.6. The molecule has 1 atom stereocenters. The van der Waals surface area contributed by atoms with Gasteiger partial charge in [0.2, 0.25) is 5.44 Å². The zero-order valence-electron chi connectivity index (χ0n) is 12.6. The third-order valence-corrected chi connectivity index (χ3v) is 4.69. The number of amides is 1. The Kier molecular flexibility index (Phi) is 4.07. The summed E-state index contributed by atoms with van der Waals surface area (Å²) in [5.41, 5.74) is 1.24. The third kappa shape index (κ3) is 3.38. The fraction of sp³-hybridized carbons (Fsp3) is 0.375. The summed E-state index contributed by atoms with van der Waals surface area (Å²) >= 11 is 4.92. The van der Waals surface area contributed by atoms with Crippen LogP contribution in [0.1, 0.15) is 26.3 Å². The van der Waals surface area contributed by atoms with Crippen LogP contribution >= 0.6 is 27.7 Å². The zero-order chi connectivity index (χ0) is 15.9. The normalized spacial score (nSPS) is 17.7. The van der Waals surface area contributed by atoms with E-state index in [2.05, 4.69) is 26.2 Å². The van der Waals surface area contributed by atoms with Crippen LogP contribution in [0.15, 0.2) is 28.9 Å². The summed E-state index contributed by atoms with van der Waals surface area (Å²) < 4.78 is 6.82. The summed E-state index contributed by atoms with van der Waals surface area (Å²) in [7, 11) is 0. The molecule has 0 saturated carbocycles. The fourth-order valence-corrected chi connectivity index (χ4v) is 3.55. The van der Waals surface area contributed by atoms with Crippen LogP contribution in [0.25, 0.3) is 10.9 Å². The van der Waals surface area contributed by atoms with E-state index < -0.39 is 5.44 Å². The topological polar surface area (TPSA) is 51.2 Å². The van der Waals surface area contributed by atoms with Gasteiger partial charge in [0.1, 0.15) is 5.75 Å². The quantitative estimate of drug-likeness (QED) is 0.815. The lowest BCUT2D eigenvalue weighted by Gasteiger charge is -2.28. The third-order valence-electron chi connectivity index (χ3n) is 3.17. The van der Waals surface area contributed by atoms with Crippen molar-refractivity contribution < 1.29 is 9.53 Å². The van der Waals surface area contributed by atoms with Gasteiger partial charge in [-0.25, -0.2) is 0 Å².